The van der Waals surface area contributed by atoms with Crippen molar-refractivity contribution in [2.24, 2.45) is 7.05 Å². The highest BCUT2D eigenvalue weighted by Gasteiger charge is 2.21. The van der Waals surface area contributed by atoms with Crippen LogP contribution in [0.3, 0.4) is 0 Å². The molecule has 4 rings (SSSR count). The number of aryl methyl sites for hydroxylation is 1. The Morgan fingerprint density at radius 2 is 2.04 bits per heavy atom. The van der Waals surface area contributed by atoms with Crippen LogP contribution in [0.15, 0.2) is 23.7 Å². The molecule has 1 aliphatic carbocycles. The molecule has 3 aromatic rings. The molecule has 0 bridgehead atoms. The third-order valence-corrected chi connectivity index (χ3v) is 5.20. The van der Waals surface area contributed by atoms with Crippen LogP contribution in [0.25, 0.3) is 10.2 Å². The number of aromatic nitrogens is 4. The van der Waals surface area contributed by atoms with Crippen LogP contribution in [0.5, 0.6) is 0 Å². The second-order valence-corrected chi connectivity index (χ2v) is 7.10. The number of hydrogen-bond acceptors (Lipinski definition) is 7. The van der Waals surface area contributed by atoms with E-state index in [0.717, 1.165) is 47.5 Å². The lowest BCUT2D eigenvalue weighted by molar-refractivity contribution is 0.126. The van der Waals surface area contributed by atoms with Gasteiger partial charge < -0.3 is 15.7 Å². The van der Waals surface area contributed by atoms with Gasteiger partial charge in [0.1, 0.15) is 5.82 Å². The number of rotatable bonds is 4. The SMILES string of the molecule is Cn1ccc(Nc2nc(NC3CCC(O)CC3)c3sccc3n2)n1. The van der Waals surface area contributed by atoms with Gasteiger partial charge in [0.2, 0.25) is 5.95 Å². The summed E-state index contributed by atoms with van der Waals surface area (Å²) < 4.78 is 2.80. The first-order chi connectivity index (χ1) is 11.7. The molecule has 3 aromatic heterocycles. The van der Waals surface area contributed by atoms with E-state index in [9.17, 15) is 5.11 Å². The minimum absolute atomic E-state index is 0.156. The number of hydrogen-bond donors (Lipinski definition) is 3. The normalized spacial score (nSPS) is 21.1. The van der Waals surface area contributed by atoms with Crippen molar-refractivity contribution in [3.05, 3.63) is 23.7 Å². The molecule has 7 nitrogen and oxygen atoms in total. The molecule has 1 saturated carbocycles. The van der Waals surface area contributed by atoms with Crippen LogP contribution in [0.2, 0.25) is 0 Å². The van der Waals surface area contributed by atoms with Gasteiger partial charge >= 0.3 is 0 Å². The van der Waals surface area contributed by atoms with Gasteiger partial charge in [-0.3, -0.25) is 4.68 Å². The average Bonchev–Trinajstić information content (AvgIpc) is 3.19. The molecule has 0 aromatic carbocycles. The van der Waals surface area contributed by atoms with Crippen molar-refractivity contribution in [3.8, 4) is 0 Å². The molecule has 24 heavy (non-hydrogen) atoms. The Morgan fingerprint density at radius 1 is 1.21 bits per heavy atom. The Kier molecular flexibility index (Phi) is 4.07. The highest BCUT2D eigenvalue weighted by Crippen LogP contribution is 2.30. The lowest BCUT2D eigenvalue weighted by atomic mass is 9.93. The van der Waals surface area contributed by atoms with E-state index in [1.54, 1.807) is 16.0 Å². The van der Waals surface area contributed by atoms with Crippen LogP contribution in [0, 0.1) is 0 Å². The molecular weight excluding hydrogens is 324 g/mol. The third kappa shape index (κ3) is 3.20. The van der Waals surface area contributed by atoms with Crippen LogP contribution >= 0.6 is 11.3 Å². The molecule has 1 fully saturated rings. The van der Waals surface area contributed by atoms with Gasteiger partial charge in [-0.2, -0.15) is 10.1 Å². The van der Waals surface area contributed by atoms with Crippen molar-refractivity contribution in [1.29, 1.82) is 0 Å². The van der Waals surface area contributed by atoms with Gasteiger partial charge in [-0.05, 0) is 37.1 Å². The van der Waals surface area contributed by atoms with E-state index in [4.69, 9.17) is 0 Å². The number of anilines is 3. The first-order valence-electron chi connectivity index (χ1n) is 8.14. The standard InChI is InChI=1S/C16H20N6OS/c1-22-8-6-13(21-22)19-16-18-12-7-9-24-14(12)15(20-16)17-10-2-4-11(23)5-3-10/h6-11,23H,2-5H2,1H3,(H2,17,18,19,20,21). The van der Waals surface area contributed by atoms with E-state index in [-0.39, 0.29) is 6.10 Å². The van der Waals surface area contributed by atoms with Crippen LogP contribution < -0.4 is 10.6 Å². The topological polar surface area (TPSA) is 87.9 Å². The first kappa shape index (κ1) is 15.3. The fraction of sp³-hybridized carbons (Fsp3) is 0.438. The van der Waals surface area contributed by atoms with Crippen LogP contribution in [-0.4, -0.2) is 37.0 Å². The van der Waals surface area contributed by atoms with E-state index in [1.165, 1.54) is 0 Å². The third-order valence-electron chi connectivity index (χ3n) is 4.29. The van der Waals surface area contributed by atoms with Gasteiger partial charge in [0, 0.05) is 25.4 Å². The summed E-state index contributed by atoms with van der Waals surface area (Å²) in [4.78, 5) is 9.22. The summed E-state index contributed by atoms with van der Waals surface area (Å²) in [5.41, 5.74) is 0.923. The summed E-state index contributed by atoms with van der Waals surface area (Å²) in [6.07, 6.45) is 5.32. The van der Waals surface area contributed by atoms with Gasteiger partial charge in [-0.1, -0.05) is 0 Å². The first-order valence-corrected chi connectivity index (χ1v) is 9.02. The molecule has 3 heterocycles. The fourth-order valence-corrected chi connectivity index (χ4v) is 3.81. The maximum atomic E-state index is 9.67. The largest absolute Gasteiger partial charge is 0.393 e. The number of nitrogens with one attached hydrogen (secondary N) is 2. The quantitative estimate of drug-likeness (QED) is 0.674. The second kappa shape index (κ2) is 6.37. The summed E-state index contributed by atoms with van der Waals surface area (Å²) in [6, 6.07) is 4.23. The summed E-state index contributed by atoms with van der Waals surface area (Å²) in [7, 11) is 1.87. The lowest BCUT2D eigenvalue weighted by Gasteiger charge is -2.26. The summed E-state index contributed by atoms with van der Waals surface area (Å²) in [5.74, 6) is 2.12. The van der Waals surface area contributed by atoms with E-state index in [1.807, 2.05) is 30.8 Å². The average molecular weight is 344 g/mol. The summed E-state index contributed by atoms with van der Waals surface area (Å²) >= 11 is 1.64. The maximum Gasteiger partial charge on any atom is 0.231 e. The summed E-state index contributed by atoms with van der Waals surface area (Å²) in [5, 5.41) is 22.7. The van der Waals surface area contributed by atoms with Gasteiger partial charge in [0.05, 0.1) is 16.3 Å². The Morgan fingerprint density at radius 3 is 2.79 bits per heavy atom. The van der Waals surface area contributed by atoms with Crippen LogP contribution in [0.4, 0.5) is 17.6 Å². The highest BCUT2D eigenvalue weighted by atomic mass is 32.1. The fourth-order valence-electron chi connectivity index (χ4n) is 3.03. The number of fused-ring (bicyclic) bond motifs is 1. The van der Waals surface area contributed by atoms with Gasteiger partial charge in [0.25, 0.3) is 0 Å². The molecule has 0 saturated heterocycles. The van der Waals surface area contributed by atoms with E-state index in [0.29, 0.717) is 12.0 Å². The molecule has 0 amide bonds. The van der Waals surface area contributed by atoms with Crippen molar-refractivity contribution in [2.75, 3.05) is 10.6 Å². The molecule has 0 spiro atoms. The Bertz CT molecular complexity index is 836. The van der Waals surface area contributed by atoms with Crippen LogP contribution in [-0.2, 0) is 7.05 Å². The number of aliphatic hydroxyl groups is 1. The Balaban J connectivity index is 1.60. The van der Waals surface area contributed by atoms with Gasteiger partial charge in [0.15, 0.2) is 5.82 Å². The zero-order chi connectivity index (χ0) is 16.5. The van der Waals surface area contributed by atoms with Crippen LogP contribution in [0.1, 0.15) is 25.7 Å². The molecule has 8 heteroatoms. The van der Waals surface area contributed by atoms with Crippen molar-refractivity contribution in [3.63, 3.8) is 0 Å². The number of nitrogens with zero attached hydrogens (tertiary/aromatic N) is 4. The maximum absolute atomic E-state index is 9.67. The molecule has 0 atom stereocenters. The van der Waals surface area contributed by atoms with Crippen molar-refractivity contribution in [2.45, 2.75) is 37.8 Å². The number of aliphatic hydroxyl groups excluding tert-OH is 1. The van der Waals surface area contributed by atoms with E-state index in [2.05, 4.69) is 25.7 Å². The highest BCUT2D eigenvalue weighted by molar-refractivity contribution is 7.17. The van der Waals surface area contributed by atoms with Gasteiger partial charge in [-0.15, -0.1) is 11.3 Å². The minimum atomic E-state index is -0.156. The molecule has 0 aliphatic heterocycles. The predicted molar refractivity (Wildman–Crippen MR) is 95.8 cm³/mol. The van der Waals surface area contributed by atoms with Crippen molar-refractivity contribution in [1.82, 2.24) is 19.7 Å². The molecule has 0 radical (unpaired) electrons. The number of thiophene rings is 1. The molecule has 3 N–H and O–H groups in total. The van der Waals surface area contributed by atoms with Crippen molar-refractivity contribution < 1.29 is 5.11 Å². The molecular formula is C16H20N6OS. The van der Waals surface area contributed by atoms with Crippen molar-refractivity contribution >= 4 is 39.1 Å². The molecule has 0 unspecified atom stereocenters. The zero-order valence-corrected chi connectivity index (χ0v) is 14.3. The Hall–Kier alpha value is -2.19. The predicted octanol–water partition coefficient (Wildman–Crippen LogP) is 2.88. The molecule has 126 valence electrons. The van der Waals surface area contributed by atoms with E-state index < -0.39 is 0 Å². The zero-order valence-electron chi connectivity index (χ0n) is 13.4. The van der Waals surface area contributed by atoms with E-state index >= 15 is 0 Å². The lowest BCUT2D eigenvalue weighted by Crippen LogP contribution is -2.28. The smallest absolute Gasteiger partial charge is 0.231 e. The second-order valence-electron chi connectivity index (χ2n) is 6.18. The molecule has 1 aliphatic rings. The van der Waals surface area contributed by atoms with Gasteiger partial charge in [-0.25, -0.2) is 4.98 Å². The monoisotopic (exact) mass is 344 g/mol. The summed E-state index contributed by atoms with van der Waals surface area (Å²) in [6.45, 7) is 0. The Labute approximate surface area is 143 Å². The minimum Gasteiger partial charge on any atom is -0.393 e.